The maximum atomic E-state index is 5.72. The summed E-state index contributed by atoms with van der Waals surface area (Å²) >= 11 is 7.92. The Labute approximate surface area is 82.8 Å². The lowest BCUT2D eigenvalue weighted by Gasteiger charge is -1.96. The molecule has 0 fully saturated rings. The maximum Gasteiger partial charge on any atom is 0.129 e. The van der Waals surface area contributed by atoms with E-state index >= 15 is 0 Å². The van der Waals surface area contributed by atoms with Crippen molar-refractivity contribution in [1.29, 1.82) is 0 Å². The van der Waals surface area contributed by atoms with Gasteiger partial charge in [0.15, 0.2) is 0 Å². The lowest BCUT2D eigenvalue weighted by Crippen LogP contribution is -1.89. The number of hydrogen-bond donors (Lipinski definition) is 0. The Balaban J connectivity index is 2.60. The van der Waals surface area contributed by atoms with E-state index in [1.54, 1.807) is 6.20 Å². The summed E-state index contributed by atoms with van der Waals surface area (Å²) in [5.41, 5.74) is 2.30. The molecule has 1 aliphatic rings. The van der Waals surface area contributed by atoms with Crippen molar-refractivity contribution in [2.24, 2.45) is 4.99 Å². The monoisotopic (exact) mass is 278 g/mol. The summed E-state index contributed by atoms with van der Waals surface area (Å²) in [6, 6.07) is 1.86. The predicted octanol–water partition coefficient (Wildman–Crippen LogP) is 2.43. The van der Waals surface area contributed by atoms with Gasteiger partial charge in [0, 0.05) is 17.3 Å². The van der Waals surface area contributed by atoms with Crippen LogP contribution in [-0.4, -0.2) is 8.70 Å². The second-order valence-corrected chi connectivity index (χ2v) is 3.68. The quantitative estimate of drug-likeness (QED) is 0.528. The molecule has 1 aromatic rings. The molecule has 0 N–H and O–H groups in total. The minimum atomic E-state index is 0.537. The fourth-order valence-electron chi connectivity index (χ4n) is 1.02. The van der Waals surface area contributed by atoms with Crippen LogP contribution in [0.1, 0.15) is 11.1 Å². The van der Waals surface area contributed by atoms with Crippen molar-refractivity contribution in [3.63, 3.8) is 0 Å². The Morgan fingerprint density at radius 3 is 3.18 bits per heavy atom. The summed E-state index contributed by atoms with van der Waals surface area (Å²) in [4.78, 5) is 8.22. The first-order valence-electron chi connectivity index (χ1n) is 3.12. The zero-order valence-corrected chi connectivity index (χ0v) is 8.43. The van der Waals surface area contributed by atoms with Gasteiger partial charge in [0.25, 0.3) is 0 Å². The van der Waals surface area contributed by atoms with Gasteiger partial charge < -0.3 is 0 Å². The van der Waals surface area contributed by atoms with Crippen LogP contribution in [0.3, 0.4) is 0 Å². The molecule has 2 nitrogen and oxygen atoms in total. The normalized spacial score (nSPS) is 14.5. The third-order valence-electron chi connectivity index (χ3n) is 1.56. The molecule has 0 atom stereocenters. The molecule has 4 heteroatoms. The van der Waals surface area contributed by atoms with Gasteiger partial charge in [-0.1, -0.05) is 11.6 Å². The highest BCUT2D eigenvalue weighted by molar-refractivity contribution is 14.1. The summed E-state index contributed by atoms with van der Waals surface area (Å²) in [5.74, 6) is 0. The lowest BCUT2D eigenvalue weighted by atomic mass is 10.2. The van der Waals surface area contributed by atoms with Crippen LogP contribution in [0.25, 0.3) is 0 Å². The van der Waals surface area contributed by atoms with E-state index in [9.17, 15) is 0 Å². The van der Waals surface area contributed by atoms with Crippen molar-refractivity contribution in [1.82, 2.24) is 4.98 Å². The standard InChI is InChI=1S/C7H4ClIN2/c8-6-1-5-4(2-10-6)3-11-7(5)9/h1-2H,3H2. The van der Waals surface area contributed by atoms with Crippen LogP contribution in [-0.2, 0) is 6.54 Å². The molecule has 0 radical (unpaired) electrons. The molecule has 0 spiro atoms. The van der Waals surface area contributed by atoms with E-state index < -0.39 is 0 Å². The highest BCUT2D eigenvalue weighted by Crippen LogP contribution is 2.23. The average Bonchev–Trinajstić information content (AvgIpc) is 2.33. The smallest absolute Gasteiger partial charge is 0.129 e. The molecular weight excluding hydrogens is 274 g/mol. The molecule has 0 aliphatic carbocycles. The fraction of sp³-hybridized carbons (Fsp3) is 0.143. The third-order valence-corrected chi connectivity index (χ3v) is 2.69. The molecule has 0 saturated carbocycles. The van der Waals surface area contributed by atoms with Crippen molar-refractivity contribution in [2.45, 2.75) is 6.54 Å². The number of aliphatic imine (C=N–C) groups is 1. The number of aromatic nitrogens is 1. The van der Waals surface area contributed by atoms with Crippen molar-refractivity contribution in [3.05, 3.63) is 28.5 Å². The molecular formula is C7H4ClIN2. The number of fused-ring (bicyclic) bond motifs is 1. The van der Waals surface area contributed by atoms with Gasteiger partial charge in [0.05, 0.1) is 6.54 Å². The van der Waals surface area contributed by atoms with E-state index in [0.717, 1.165) is 15.8 Å². The Morgan fingerprint density at radius 2 is 2.36 bits per heavy atom. The molecule has 2 rings (SSSR count). The van der Waals surface area contributed by atoms with E-state index in [1.807, 2.05) is 6.07 Å². The van der Waals surface area contributed by atoms with Gasteiger partial charge in [-0.2, -0.15) is 0 Å². The van der Waals surface area contributed by atoms with Gasteiger partial charge >= 0.3 is 0 Å². The first-order chi connectivity index (χ1) is 5.27. The Bertz CT molecular complexity index is 335. The topological polar surface area (TPSA) is 25.2 Å². The first kappa shape index (κ1) is 7.49. The highest BCUT2D eigenvalue weighted by Gasteiger charge is 2.13. The first-order valence-corrected chi connectivity index (χ1v) is 4.58. The number of pyridine rings is 1. The average molecular weight is 278 g/mol. The van der Waals surface area contributed by atoms with Gasteiger partial charge in [-0.05, 0) is 28.7 Å². The zero-order chi connectivity index (χ0) is 7.84. The van der Waals surface area contributed by atoms with Crippen LogP contribution >= 0.6 is 34.2 Å². The Morgan fingerprint density at radius 1 is 1.55 bits per heavy atom. The molecule has 56 valence electrons. The van der Waals surface area contributed by atoms with Crippen LogP contribution < -0.4 is 0 Å². The lowest BCUT2D eigenvalue weighted by molar-refractivity contribution is 1.08. The number of hydrogen-bond acceptors (Lipinski definition) is 2. The van der Waals surface area contributed by atoms with Crippen molar-refractivity contribution in [2.75, 3.05) is 0 Å². The maximum absolute atomic E-state index is 5.72. The fourth-order valence-corrected chi connectivity index (χ4v) is 1.85. The molecule has 2 heterocycles. The van der Waals surface area contributed by atoms with E-state index in [0.29, 0.717) is 5.15 Å². The molecule has 0 aromatic carbocycles. The van der Waals surface area contributed by atoms with Crippen LogP contribution in [0, 0.1) is 0 Å². The van der Waals surface area contributed by atoms with Crippen molar-refractivity contribution in [3.8, 4) is 0 Å². The van der Waals surface area contributed by atoms with Crippen molar-refractivity contribution >= 4 is 37.9 Å². The molecule has 0 unspecified atom stereocenters. The predicted molar refractivity (Wildman–Crippen MR) is 53.5 cm³/mol. The molecule has 1 aliphatic heterocycles. The van der Waals surface area contributed by atoms with Gasteiger partial charge in [0.2, 0.25) is 0 Å². The largest absolute Gasteiger partial charge is 0.273 e. The third kappa shape index (κ3) is 1.27. The molecule has 0 saturated heterocycles. The highest BCUT2D eigenvalue weighted by atomic mass is 127. The Kier molecular flexibility index (Phi) is 1.85. The van der Waals surface area contributed by atoms with Crippen LogP contribution in [0.5, 0.6) is 0 Å². The number of halogens is 2. The number of rotatable bonds is 0. The summed E-state index contributed by atoms with van der Waals surface area (Å²) in [6.07, 6.45) is 1.78. The van der Waals surface area contributed by atoms with E-state index in [1.165, 1.54) is 5.56 Å². The van der Waals surface area contributed by atoms with E-state index in [4.69, 9.17) is 11.6 Å². The second kappa shape index (κ2) is 2.71. The minimum absolute atomic E-state index is 0.537. The second-order valence-electron chi connectivity index (χ2n) is 2.27. The van der Waals surface area contributed by atoms with E-state index in [2.05, 4.69) is 32.6 Å². The summed E-state index contributed by atoms with van der Waals surface area (Å²) in [5, 5.41) is 0.537. The minimum Gasteiger partial charge on any atom is -0.273 e. The molecule has 11 heavy (non-hydrogen) atoms. The van der Waals surface area contributed by atoms with Crippen LogP contribution in [0.15, 0.2) is 17.3 Å². The van der Waals surface area contributed by atoms with Gasteiger partial charge in [0.1, 0.15) is 8.87 Å². The summed E-state index contributed by atoms with van der Waals surface area (Å²) in [7, 11) is 0. The SMILES string of the molecule is Clc1cc2c(cn1)CN=C2I. The number of nitrogens with zero attached hydrogens (tertiary/aromatic N) is 2. The molecule has 0 amide bonds. The zero-order valence-electron chi connectivity index (χ0n) is 5.51. The Hall–Kier alpha value is -0.160. The van der Waals surface area contributed by atoms with Crippen LogP contribution in [0.2, 0.25) is 5.15 Å². The van der Waals surface area contributed by atoms with Crippen molar-refractivity contribution < 1.29 is 0 Å². The molecule has 1 aromatic heterocycles. The van der Waals surface area contributed by atoms with Gasteiger partial charge in [-0.3, -0.25) is 4.99 Å². The summed E-state index contributed by atoms with van der Waals surface area (Å²) < 4.78 is 1.03. The molecule has 0 bridgehead atoms. The van der Waals surface area contributed by atoms with Gasteiger partial charge in [-0.25, -0.2) is 4.98 Å². The summed E-state index contributed by atoms with van der Waals surface area (Å²) in [6.45, 7) is 0.748. The van der Waals surface area contributed by atoms with E-state index in [-0.39, 0.29) is 0 Å². The van der Waals surface area contributed by atoms with Crippen LogP contribution in [0.4, 0.5) is 0 Å². The van der Waals surface area contributed by atoms with Gasteiger partial charge in [-0.15, -0.1) is 0 Å².